The van der Waals surface area contributed by atoms with E-state index in [4.69, 9.17) is 0 Å². The SMILES string of the molecule is CCC(CC(CC(C)c1ccccc1)c1ccccc1)c1ccccc1. The van der Waals surface area contributed by atoms with E-state index in [0.717, 1.165) is 0 Å². The Labute approximate surface area is 158 Å². The first-order valence-electron chi connectivity index (χ1n) is 9.92. The minimum absolute atomic E-state index is 0.565. The average Bonchev–Trinajstić information content (AvgIpc) is 2.73. The molecular formula is C26H30. The van der Waals surface area contributed by atoms with E-state index in [-0.39, 0.29) is 0 Å². The van der Waals surface area contributed by atoms with Crippen molar-refractivity contribution in [2.24, 2.45) is 0 Å². The molecule has 0 saturated carbocycles. The highest BCUT2D eigenvalue weighted by atomic mass is 14.3. The molecule has 134 valence electrons. The molecule has 0 aromatic heterocycles. The van der Waals surface area contributed by atoms with E-state index in [9.17, 15) is 0 Å². The van der Waals surface area contributed by atoms with E-state index in [2.05, 4.69) is 105 Å². The molecule has 0 heteroatoms. The molecule has 0 fully saturated rings. The highest BCUT2D eigenvalue weighted by Crippen LogP contribution is 2.38. The summed E-state index contributed by atoms with van der Waals surface area (Å²) in [6.07, 6.45) is 3.59. The Morgan fingerprint density at radius 3 is 1.42 bits per heavy atom. The van der Waals surface area contributed by atoms with Crippen LogP contribution in [0.15, 0.2) is 91.0 Å². The lowest BCUT2D eigenvalue weighted by Crippen LogP contribution is -2.10. The molecule has 0 heterocycles. The maximum absolute atomic E-state index is 2.37. The molecule has 0 aliphatic carbocycles. The van der Waals surface area contributed by atoms with Gasteiger partial charge in [-0.1, -0.05) is 105 Å². The van der Waals surface area contributed by atoms with Crippen molar-refractivity contribution in [3.05, 3.63) is 108 Å². The monoisotopic (exact) mass is 342 g/mol. The Balaban J connectivity index is 1.82. The first-order valence-corrected chi connectivity index (χ1v) is 9.92. The lowest BCUT2D eigenvalue weighted by Gasteiger charge is -2.26. The number of rotatable bonds is 8. The Bertz CT molecular complexity index is 746. The highest BCUT2D eigenvalue weighted by molar-refractivity contribution is 5.26. The van der Waals surface area contributed by atoms with Gasteiger partial charge in [0.05, 0.1) is 0 Å². The normalized spacial score (nSPS) is 14.5. The quantitative estimate of drug-likeness (QED) is 0.396. The lowest BCUT2D eigenvalue weighted by molar-refractivity contribution is 0.467. The third-order valence-electron chi connectivity index (χ3n) is 5.61. The van der Waals surface area contributed by atoms with Gasteiger partial charge < -0.3 is 0 Å². The molecule has 0 N–H and O–H groups in total. The van der Waals surface area contributed by atoms with Crippen LogP contribution >= 0.6 is 0 Å². The van der Waals surface area contributed by atoms with Crippen LogP contribution in [-0.2, 0) is 0 Å². The van der Waals surface area contributed by atoms with E-state index < -0.39 is 0 Å². The Morgan fingerprint density at radius 1 is 0.538 bits per heavy atom. The van der Waals surface area contributed by atoms with Crippen molar-refractivity contribution in [3.63, 3.8) is 0 Å². The van der Waals surface area contributed by atoms with Crippen molar-refractivity contribution < 1.29 is 0 Å². The van der Waals surface area contributed by atoms with Crippen molar-refractivity contribution in [2.45, 2.75) is 50.9 Å². The molecule has 0 bridgehead atoms. The summed E-state index contributed by atoms with van der Waals surface area (Å²) in [6.45, 7) is 4.69. The zero-order chi connectivity index (χ0) is 18.2. The summed E-state index contributed by atoms with van der Waals surface area (Å²) in [6, 6.07) is 33.1. The predicted molar refractivity (Wildman–Crippen MR) is 113 cm³/mol. The standard InChI is InChI=1S/C26H30/c1-3-22(24-15-9-5-10-16-24)20-26(25-17-11-6-12-18-25)19-21(2)23-13-7-4-8-14-23/h4-18,21-22,26H,3,19-20H2,1-2H3. The third-order valence-corrected chi connectivity index (χ3v) is 5.61. The molecule has 0 saturated heterocycles. The maximum atomic E-state index is 2.37. The van der Waals surface area contributed by atoms with Crippen molar-refractivity contribution >= 4 is 0 Å². The van der Waals surface area contributed by atoms with Crippen LogP contribution in [0.4, 0.5) is 0 Å². The van der Waals surface area contributed by atoms with E-state index >= 15 is 0 Å². The van der Waals surface area contributed by atoms with Gasteiger partial charge in [-0.05, 0) is 53.7 Å². The molecule has 3 unspecified atom stereocenters. The Morgan fingerprint density at radius 2 is 0.962 bits per heavy atom. The minimum Gasteiger partial charge on any atom is -0.0648 e. The fourth-order valence-electron chi connectivity index (χ4n) is 4.05. The van der Waals surface area contributed by atoms with Crippen molar-refractivity contribution in [1.82, 2.24) is 0 Å². The smallest absolute Gasteiger partial charge is 0.0150 e. The van der Waals surface area contributed by atoms with Gasteiger partial charge in [0.1, 0.15) is 0 Å². The van der Waals surface area contributed by atoms with Gasteiger partial charge >= 0.3 is 0 Å². The van der Waals surface area contributed by atoms with Gasteiger partial charge in [-0.3, -0.25) is 0 Å². The fraction of sp³-hybridized carbons (Fsp3) is 0.308. The molecule has 26 heavy (non-hydrogen) atoms. The zero-order valence-corrected chi connectivity index (χ0v) is 16.0. The van der Waals surface area contributed by atoms with Crippen LogP contribution < -0.4 is 0 Å². The van der Waals surface area contributed by atoms with Gasteiger partial charge in [-0.2, -0.15) is 0 Å². The summed E-state index contributed by atoms with van der Waals surface area (Å²) in [5.74, 6) is 1.76. The first-order chi connectivity index (χ1) is 12.8. The molecule has 0 nitrogen and oxygen atoms in total. The van der Waals surface area contributed by atoms with Crippen LogP contribution in [0.3, 0.4) is 0 Å². The van der Waals surface area contributed by atoms with Crippen LogP contribution in [-0.4, -0.2) is 0 Å². The van der Waals surface area contributed by atoms with Gasteiger partial charge in [0.2, 0.25) is 0 Å². The van der Waals surface area contributed by atoms with E-state index in [1.807, 2.05) is 0 Å². The van der Waals surface area contributed by atoms with Crippen molar-refractivity contribution in [3.8, 4) is 0 Å². The summed E-state index contributed by atoms with van der Waals surface area (Å²) < 4.78 is 0. The molecule has 0 spiro atoms. The minimum atomic E-state index is 0.565. The molecule has 0 amide bonds. The van der Waals surface area contributed by atoms with Crippen LogP contribution in [0.1, 0.15) is 67.6 Å². The molecule has 0 radical (unpaired) electrons. The zero-order valence-electron chi connectivity index (χ0n) is 16.0. The molecule has 0 aliphatic heterocycles. The average molecular weight is 343 g/mol. The first kappa shape index (κ1) is 18.5. The van der Waals surface area contributed by atoms with Gasteiger partial charge in [0, 0.05) is 0 Å². The second-order valence-corrected chi connectivity index (χ2v) is 7.41. The summed E-state index contributed by atoms with van der Waals surface area (Å²) in [5, 5.41) is 0. The molecule has 3 atom stereocenters. The molecule has 3 rings (SSSR count). The third kappa shape index (κ3) is 4.85. The Kier molecular flexibility index (Phi) is 6.66. The van der Waals surface area contributed by atoms with Crippen LogP contribution in [0.25, 0.3) is 0 Å². The molecule has 0 aliphatic rings. The number of benzene rings is 3. The predicted octanol–water partition coefficient (Wildman–Crippen LogP) is 7.55. The van der Waals surface area contributed by atoms with Crippen LogP contribution in [0.2, 0.25) is 0 Å². The van der Waals surface area contributed by atoms with Gasteiger partial charge in [-0.25, -0.2) is 0 Å². The van der Waals surface area contributed by atoms with Gasteiger partial charge in [0.25, 0.3) is 0 Å². The van der Waals surface area contributed by atoms with Crippen molar-refractivity contribution in [2.75, 3.05) is 0 Å². The van der Waals surface area contributed by atoms with E-state index in [1.54, 1.807) is 0 Å². The number of hydrogen-bond acceptors (Lipinski definition) is 0. The van der Waals surface area contributed by atoms with E-state index in [0.29, 0.717) is 17.8 Å². The van der Waals surface area contributed by atoms with Gasteiger partial charge in [0.15, 0.2) is 0 Å². The summed E-state index contributed by atoms with van der Waals surface area (Å²) in [7, 11) is 0. The van der Waals surface area contributed by atoms with Crippen molar-refractivity contribution in [1.29, 1.82) is 0 Å². The van der Waals surface area contributed by atoms with E-state index in [1.165, 1.54) is 36.0 Å². The summed E-state index contributed by atoms with van der Waals surface area (Å²) >= 11 is 0. The van der Waals surface area contributed by atoms with Crippen LogP contribution in [0.5, 0.6) is 0 Å². The maximum Gasteiger partial charge on any atom is -0.0150 e. The topological polar surface area (TPSA) is 0 Å². The molecule has 3 aromatic carbocycles. The van der Waals surface area contributed by atoms with Crippen LogP contribution in [0, 0.1) is 0 Å². The summed E-state index contributed by atoms with van der Waals surface area (Å²) in [5.41, 5.74) is 4.40. The summed E-state index contributed by atoms with van der Waals surface area (Å²) in [4.78, 5) is 0. The fourth-order valence-corrected chi connectivity index (χ4v) is 4.05. The highest BCUT2D eigenvalue weighted by Gasteiger charge is 2.21. The second kappa shape index (κ2) is 9.38. The largest absolute Gasteiger partial charge is 0.0648 e. The van der Waals surface area contributed by atoms with Gasteiger partial charge in [-0.15, -0.1) is 0 Å². The molecular weight excluding hydrogens is 312 g/mol. The number of hydrogen-bond donors (Lipinski definition) is 0. The Hall–Kier alpha value is -2.34. The molecule has 3 aromatic rings. The lowest BCUT2D eigenvalue weighted by atomic mass is 9.78. The second-order valence-electron chi connectivity index (χ2n) is 7.41.